The molecule has 0 radical (unpaired) electrons. The molecule has 88 valence electrons. The van der Waals surface area contributed by atoms with E-state index in [9.17, 15) is 4.39 Å². The number of rotatable bonds is 3. The zero-order chi connectivity index (χ0) is 11.4. The SMILES string of the molecule is Fc1ccc(COC2CCCNC2)cc1Br. The average molecular weight is 288 g/mol. The smallest absolute Gasteiger partial charge is 0.137 e. The molecule has 1 saturated heterocycles. The summed E-state index contributed by atoms with van der Waals surface area (Å²) < 4.78 is 19.2. The van der Waals surface area contributed by atoms with Crippen LogP contribution in [0.4, 0.5) is 4.39 Å². The molecule has 1 atom stereocenters. The second-order valence-electron chi connectivity index (χ2n) is 4.03. The van der Waals surface area contributed by atoms with Crippen LogP contribution in [0.3, 0.4) is 0 Å². The third kappa shape index (κ3) is 3.27. The Hall–Kier alpha value is -0.450. The van der Waals surface area contributed by atoms with Gasteiger partial charge in [0.05, 0.1) is 17.2 Å². The van der Waals surface area contributed by atoms with Crippen molar-refractivity contribution >= 4 is 15.9 Å². The van der Waals surface area contributed by atoms with Crippen LogP contribution < -0.4 is 5.32 Å². The van der Waals surface area contributed by atoms with E-state index in [4.69, 9.17) is 4.74 Å². The maximum Gasteiger partial charge on any atom is 0.137 e. The van der Waals surface area contributed by atoms with Gasteiger partial charge in [-0.05, 0) is 53.0 Å². The van der Waals surface area contributed by atoms with Crippen molar-refractivity contribution in [3.05, 3.63) is 34.1 Å². The molecular weight excluding hydrogens is 273 g/mol. The molecule has 1 unspecified atom stereocenters. The minimum absolute atomic E-state index is 0.233. The molecule has 1 heterocycles. The first-order valence-electron chi connectivity index (χ1n) is 5.52. The summed E-state index contributed by atoms with van der Waals surface area (Å²) in [6.45, 7) is 2.55. The first-order chi connectivity index (χ1) is 7.75. The Bertz CT molecular complexity index is 353. The van der Waals surface area contributed by atoms with E-state index in [0.29, 0.717) is 11.1 Å². The van der Waals surface area contributed by atoms with Crippen LogP contribution >= 0.6 is 15.9 Å². The molecule has 0 saturated carbocycles. The Labute approximate surface area is 103 Å². The third-order valence-electron chi connectivity index (χ3n) is 2.72. The van der Waals surface area contributed by atoms with Crippen LogP contribution in [0, 0.1) is 5.82 Å². The van der Waals surface area contributed by atoms with Crippen LogP contribution in [0.25, 0.3) is 0 Å². The normalized spacial score (nSPS) is 21.0. The van der Waals surface area contributed by atoms with E-state index in [-0.39, 0.29) is 11.9 Å². The monoisotopic (exact) mass is 287 g/mol. The number of halogens is 2. The second kappa shape index (κ2) is 5.75. The lowest BCUT2D eigenvalue weighted by atomic mass is 10.1. The number of hydrogen-bond donors (Lipinski definition) is 1. The molecule has 4 heteroatoms. The first kappa shape index (κ1) is 12.0. The maximum absolute atomic E-state index is 13.0. The van der Waals surface area contributed by atoms with Crippen molar-refractivity contribution in [2.24, 2.45) is 0 Å². The fraction of sp³-hybridized carbons (Fsp3) is 0.500. The fourth-order valence-corrected chi connectivity index (χ4v) is 2.23. The van der Waals surface area contributed by atoms with Gasteiger partial charge in [-0.3, -0.25) is 0 Å². The standard InChI is InChI=1S/C12H15BrFNO/c13-11-6-9(3-4-12(11)14)8-16-10-2-1-5-15-7-10/h3-4,6,10,15H,1-2,5,7-8H2. The molecule has 16 heavy (non-hydrogen) atoms. The van der Waals surface area contributed by atoms with E-state index in [2.05, 4.69) is 21.2 Å². The van der Waals surface area contributed by atoms with Gasteiger partial charge in [-0.1, -0.05) is 6.07 Å². The van der Waals surface area contributed by atoms with Crippen molar-refractivity contribution < 1.29 is 9.13 Å². The van der Waals surface area contributed by atoms with E-state index in [1.807, 2.05) is 0 Å². The average Bonchev–Trinajstić information content (AvgIpc) is 2.32. The van der Waals surface area contributed by atoms with Gasteiger partial charge in [-0.15, -0.1) is 0 Å². The van der Waals surface area contributed by atoms with Gasteiger partial charge in [0.2, 0.25) is 0 Å². The van der Waals surface area contributed by atoms with Gasteiger partial charge < -0.3 is 10.1 Å². The Morgan fingerprint density at radius 2 is 2.38 bits per heavy atom. The summed E-state index contributed by atoms with van der Waals surface area (Å²) >= 11 is 3.17. The van der Waals surface area contributed by atoms with E-state index in [0.717, 1.165) is 31.5 Å². The maximum atomic E-state index is 13.0. The minimum Gasteiger partial charge on any atom is -0.372 e. The number of hydrogen-bond acceptors (Lipinski definition) is 2. The first-order valence-corrected chi connectivity index (χ1v) is 6.31. The predicted octanol–water partition coefficient (Wildman–Crippen LogP) is 2.86. The van der Waals surface area contributed by atoms with E-state index in [1.165, 1.54) is 6.07 Å². The van der Waals surface area contributed by atoms with Crippen LogP contribution in [0.15, 0.2) is 22.7 Å². The highest BCUT2D eigenvalue weighted by atomic mass is 79.9. The second-order valence-corrected chi connectivity index (χ2v) is 4.88. The predicted molar refractivity (Wildman–Crippen MR) is 64.8 cm³/mol. The topological polar surface area (TPSA) is 21.3 Å². The summed E-state index contributed by atoms with van der Waals surface area (Å²) in [5, 5.41) is 3.30. The molecule has 1 aromatic rings. The highest BCUT2D eigenvalue weighted by Gasteiger charge is 2.13. The van der Waals surface area contributed by atoms with Gasteiger partial charge in [0.25, 0.3) is 0 Å². The zero-order valence-electron chi connectivity index (χ0n) is 9.01. The summed E-state index contributed by atoms with van der Waals surface area (Å²) in [5.41, 5.74) is 0.999. The van der Waals surface area contributed by atoms with Crippen LogP contribution in [0.2, 0.25) is 0 Å². The van der Waals surface area contributed by atoms with Crippen LogP contribution in [-0.2, 0) is 11.3 Å². The highest BCUT2D eigenvalue weighted by molar-refractivity contribution is 9.10. The minimum atomic E-state index is -0.233. The van der Waals surface area contributed by atoms with Crippen molar-refractivity contribution in [2.45, 2.75) is 25.6 Å². The summed E-state index contributed by atoms with van der Waals surface area (Å²) in [6.07, 6.45) is 2.56. The molecule has 0 amide bonds. The largest absolute Gasteiger partial charge is 0.372 e. The lowest BCUT2D eigenvalue weighted by molar-refractivity contribution is 0.0252. The number of ether oxygens (including phenoxy) is 1. The molecule has 0 spiro atoms. The lowest BCUT2D eigenvalue weighted by Crippen LogP contribution is -2.35. The summed E-state index contributed by atoms with van der Waals surface area (Å²) in [5.74, 6) is -0.233. The summed E-state index contributed by atoms with van der Waals surface area (Å²) in [4.78, 5) is 0. The Balaban J connectivity index is 1.86. The molecular formula is C12H15BrFNO. The van der Waals surface area contributed by atoms with Gasteiger partial charge in [0.15, 0.2) is 0 Å². The number of nitrogens with one attached hydrogen (secondary N) is 1. The van der Waals surface area contributed by atoms with Gasteiger partial charge in [-0.2, -0.15) is 0 Å². The van der Waals surface area contributed by atoms with E-state index >= 15 is 0 Å². The van der Waals surface area contributed by atoms with Gasteiger partial charge in [0, 0.05) is 6.54 Å². The molecule has 0 aromatic heterocycles. The summed E-state index contributed by atoms with van der Waals surface area (Å²) in [7, 11) is 0. The summed E-state index contributed by atoms with van der Waals surface area (Å²) in [6, 6.07) is 4.99. The molecule has 2 nitrogen and oxygen atoms in total. The van der Waals surface area contributed by atoms with E-state index in [1.54, 1.807) is 12.1 Å². The van der Waals surface area contributed by atoms with Crippen molar-refractivity contribution in [3.63, 3.8) is 0 Å². The van der Waals surface area contributed by atoms with Crippen molar-refractivity contribution in [1.29, 1.82) is 0 Å². The van der Waals surface area contributed by atoms with Gasteiger partial charge >= 0.3 is 0 Å². The van der Waals surface area contributed by atoms with Crippen molar-refractivity contribution in [3.8, 4) is 0 Å². The van der Waals surface area contributed by atoms with Crippen LogP contribution in [0.5, 0.6) is 0 Å². The third-order valence-corrected chi connectivity index (χ3v) is 3.33. The molecule has 1 fully saturated rings. The molecule has 2 rings (SSSR count). The molecule has 0 aliphatic carbocycles. The van der Waals surface area contributed by atoms with Gasteiger partial charge in [-0.25, -0.2) is 4.39 Å². The zero-order valence-corrected chi connectivity index (χ0v) is 10.6. The molecule has 1 aromatic carbocycles. The van der Waals surface area contributed by atoms with Crippen molar-refractivity contribution in [2.75, 3.05) is 13.1 Å². The van der Waals surface area contributed by atoms with Crippen LogP contribution in [0.1, 0.15) is 18.4 Å². The number of piperidine rings is 1. The lowest BCUT2D eigenvalue weighted by Gasteiger charge is -2.23. The Morgan fingerprint density at radius 1 is 1.50 bits per heavy atom. The van der Waals surface area contributed by atoms with Gasteiger partial charge in [0.1, 0.15) is 5.82 Å². The van der Waals surface area contributed by atoms with Crippen molar-refractivity contribution in [1.82, 2.24) is 5.32 Å². The molecule has 1 N–H and O–H groups in total. The van der Waals surface area contributed by atoms with E-state index < -0.39 is 0 Å². The Kier molecular flexibility index (Phi) is 4.32. The molecule has 1 aliphatic rings. The fourth-order valence-electron chi connectivity index (χ4n) is 1.81. The quantitative estimate of drug-likeness (QED) is 0.923. The molecule has 1 aliphatic heterocycles. The molecule has 0 bridgehead atoms. The van der Waals surface area contributed by atoms with Crippen LogP contribution in [-0.4, -0.2) is 19.2 Å². The Morgan fingerprint density at radius 3 is 3.06 bits per heavy atom. The highest BCUT2D eigenvalue weighted by Crippen LogP contribution is 2.18. The number of benzene rings is 1.